The average molecular weight is 216 g/mol. The number of nitrogens with one attached hydrogen (secondary N) is 1. The van der Waals surface area contributed by atoms with E-state index in [1.54, 1.807) is 12.4 Å². The number of hydrogen-bond acceptors (Lipinski definition) is 3. The van der Waals surface area contributed by atoms with Crippen LogP contribution in [0.1, 0.15) is 11.1 Å². The van der Waals surface area contributed by atoms with Crippen molar-refractivity contribution in [2.75, 3.05) is 6.54 Å². The number of aryl methyl sites for hydroxylation is 1. The molecule has 1 aromatic rings. The number of alkyl halides is 2. The van der Waals surface area contributed by atoms with Crippen molar-refractivity contribution >= 4 is 0 Å². The largest absolute Gasteiger partial charge is 0.386 e. The van der Waals surface area contributed by atoms with Crippen molar-refractivity contribution in [2.24, 2.45) is 0 Å². The van der Waals surface area contributed by atoms with E-state index in [1.165, 1.54) is 0 Å². The van der Waals surface area contributed by atoms with Gasteiger partial charge in [0, 0.05) is 25.5 Å². The molecule has 1 unspecified atom stereocenters. The fourth-order valence-electron chi connectivity index (χ4n) is 1.13. The van der Waals surface area contributed by atoms with Crippen LogP contribution in [0.5, 0.6) is 0 Å². The minimum absolute atomic E-state index is 0.119. The predicted octanol–water partition coefficient (Wildman–Crippen LogP) is 1.11. The van der Waals surface area contributed by atoms with Gasteiger partial charge in [-0.25, -0.2) is 8.78 Å². The summed E-state index contributed by atoms with van der Waals surface area (Å²) in [5.41, 5.74) is 1.99. The Hall–Kier alpha value is -1.07. The molecule has 0 aliphatic rings. The molecule has 0 radical (unpaired) electrons. The Kier molecular flexibility index (Phi) is 4.58. The first-order valence-electron chi connectivity index (χ1n) is 4.67. The van der Waals surface area contributed by atoms with E-state index >= 15 is 0 Å². The van der Waals surface area contributed by atoms with Gasteiger partial charge in [-0.1, -0.05) is 0 Å². The monoisotopic (exact) mass is 216 g/mol. The van der Waals surface area contributed by atoms with E-state index in [0.29, 0.717) is 6.54 Å². The first kappa shape index (κ1) is 12.0. The summed E-state index contributed by atoms with van der Waals surface area (Å²) in [6.45, 7) is 2.23. The molecule has 0 amide bonds. The first-order chi connectivity index (χ1) is 7.11. The highest BCUT2D eigenvalue weighted by molar-refractivity contribution is 5.20. The van der Waals surface area contributed by atoms with Crippen LogP contribution in [0.15, 0.2) is 18.5 Å². The minimum atomic E-state index is -2.70. The third-order valence-corrected chi connectivity index (χ3v) is 2.11. The minimum Gasteiger partial charge on any atom is -0.386 e. The van der Waals surface area contributed by atoms with E-state index in [-0.39, 0.29) is 6.54 Å². The molecule has 0 saturated carbocycles. The summed E-state index contributed by atoms with van der Waals surface area (Å²) in [5.74, 6) is 0. The van der Waals surface area contributed by atoms with E-state index in [2.05, 4.69) is 10.3 Å². The molecule has 2 N–H and O–H groups in total. The molecule has 1 heterocycles. The van der Waals surface area contributed by atoms with Crippen LogP contribution in [0.2, 0.25) is 0 Å². The van der Waals surface area contributed by atoms with Crippen LogP contribution in [-0.2, 0) is 6.54 Å². The molecule has 0 spiro atoms. The average Bonchev–Trinajstić information content (AvgIpc) is 2.20. The number of hydrogen-bond donors (Lipinski definition) is 2. The lowest BCUT2D eigenvalue weighted by molar-refractivity contribution is -0.00341. The van der Waals surface area contributed by atoms with Gasteiger partial charge in [0.1, 0.15) is 6.10 Å². The van der Waals surface area contributed by atoms with Crippen LogP contribution in [0.25, 0.3) is 0 Å². The van der Waals surface area contributed by atoms with Crippen LogP contribution in [0, 0.1) is 6.92 Å². The summed E-state index contributed by atoms with van der Waals surface area (Å²) in [7, 11) is 0. The van der Waals surface area contributed by atoms with Crippen LogP contribution < -0.4 is 5.32 Å². The fraction of sp³-hybridized carbons (Fsp3) is 0.500. The van der Waals surface area contributed by atoms with Gasteiger partial charge in [0.05, 0.1) is 0 Å². The zero-order valence-electron chi connectivity index (χ0n) is 8.45. The van der Waals surface area contributed by atoms with Gasteiger partial charge in [0.2, 0.25) is 0 Å². The second-order valence-electron chi connectivity index (χ2n) is 3.33. The number of aliphatic hydroxyl groups is 1. The zero-order chi connectivity index (χ0) is 11.3. The summed E-state index contributed by atoms with van der Waals surface area (Å²) >= 11 is 0. The molecule has 1 rings (SSSR count). The first-order valence-corrected chi connectivity index (χ1v) is 4.67. The van der Waals surface area contributed by atoms with Gasteiger partial charge >= 0.3 is 0 Å². The van der Waals surface area contributed by atoms with E-state index in [9.17, 15) is 8.78 Å². The molecule has 1 aromatic heterocycles. The SMILES string of the molecule is Cc1ccncc1CNCC(O)C(F)F. The van der Waals surface area contributed by atoms with Crippen LogP contribution in [0.4, 0.5) is 8.78 Å². The summed E-state index contributed by atoms with van der Waals surface area (Å²) in [4.78, 5) is 3.93. The Labute approximate surface area is 87.2 Å². The van der Waals surface area contributed by atoms with E-state index in [4.69, 9.17) is 5.11 Å². The molecule has 3 nitrogen and oxygen atoms in total. The molecule has 15 heavy (non-hydrogen) atoms. The standard InChI is InChI=1S/C10H14F2N2O/c1-7-2-3-13-4-8(7)5-14-6-9(15)10(11)12/h2-4,9-10,14-15H,5-6H2,1H3. The van der Waals surface area contributed by atoms with Gasteiger partial charge < -0.3 is 10.4 Å². The predicted molar refractivity (Wildman–Crippen MR) is 52.7 cm³/mol. The van der Waals surface area contributed by atoms with Gasteiger partial charge in [0.15, 0.2) is 0 Å². The third-order valence-electron chi connectivity index (χ3n) is 2.11. The maximum atomic E-state index is 11.9. The van der Waals surface area contributed by atoms with Crippen molar-refractivity contribution in [1.82, 2.24) is 10.3 Å². The lowest BCUT2D eigenvalue weighted by Gasteiger charge is -2.11. The maximum Gasteiger partial charge on any atom is 0.265 e. The molecular weight excluding hydrogens is 202 g/mol. The quantitative estimate of drug-likeness (QED) is 0.774. The Morgan fingerprint density at radius 2 is 2.27 bits per heavy atom. The molecule has 0 aromatic carbocycles. The number of pyridine rings is 1. The second kappa shape index (κ2) is 5.72. The fourth-order valence-corrected chi connectivity index (χ4v) is 1.13. The van der Waals surface area contributed by atoms with E-state index < -0.39 is 12.5 Å². The molecule has 84 valence electrons. The number of halogens is 2. The smallest absolute Gasteiger partial charge is 0.265 e. The van der Waals surface area contributed by atoms with Crippen molar-refractivity contribution in [1.29, 1.82) is 0 Å². The molecule has 0 aliphatic carbocycles. The lowest BCUT2D eigenvalue weighted by atomic mass is 10.1. The van der Waals surface area contributed by atoms with Gasteiger partial charge in [-0.2, -0.15) is 0 Å². The third kappa shape index (κ3) is 3.89. The maximum absolute atomic E-state index is 11.9. The number of nitrogens with zero attached hydrogens (tertiary/aromatic N) is 1. The van der Waals surface area contributed by atoms with Crippen molar-refractivity contribution < 1.29 is 13.9 Å². The van der Waals surface area contributed by atoms with Crippen molar-refractivity contribution in [3.05, 3.63) is 29.6 Å². The Morgan fingerprint density at radius 3 is 2.87 bits per heavy atom. The van der Waals surface area contributed by atoms with Crippen LogP contribution in [0.3, 0.4) is 0 Å². The lowest BCUT2D eigenvalue weighted by Crippen LogP contribution is -2.31. The van der Waals surface area contributed by atoms with Crippen LogP contribution in [-0.4, -0.2) is 29.2 Å². The summed E-state index contributed by atoms with van der Waals surface area (Å²) in [6, 6.07) is 1.85. The molecule has 0 fully saturated rings. The van der Waals surface area contributed by atoms with Crippen molar-refractivity contribution in [3.8, 4) is 0 Å². The van der Waals surface area contributed by atoms with E-state index in [0.717, 1.165) is 11.1 Å². The second-order valence-corrected chi connectivity index (χ2v) is 3.33. The summed E-state index contributed by atoms with van der Waals surface area (Å²) in [5, 5.41) is 11.6. The number of rotatable bonds is 5. The Balaban J connectivity index is 2.35. The zero-order valence-corrected chi connectivity index (χ0v) is 8.45. The molecule has 5 heteroatoms. The highest BCUT2D eigenvalue weighted by Crippen LogP contribution is 2.04. The Bertz CT molecular complexity index is 307. The summed E-state index contributed by atoms with van der Waals surface area (Å²) < 4.78 is 23.9. The molecule has 0 saturated heterocycles. The highest BCUT2D eigenvalue weighted by Gasteiger charge is 2.15. The number of aromatic nitrogens is 1. The molecular formula is C10H14F2N2O. The Morgan fingerprint density at radius 1 is 1.53 bits per heavy atom. The van der Waals surface area contributed by atoms with Gasteiger partial charge in [-0.15, -0.1) is 0 Å². The topological polar surface area (TPSA) is 45.2 Å². The molecule has 1 atom stereocenters. The van der Waals surface area contributed by atoms with Gasteiger partial charge in [-0.05, 0) is 24.1 Å². The molecule has 0 aliphatic heterocycles. The van der Waals surface area contributed by atoms with E-state index in [1.807, 2.05) is 13.0 Å². The number of aliphatic hydroxyl groups excluding tert-OH is 1. The van der Waals surface area contributed by atoms with Gasteiger partial charge in [0.25, 0.3) is 6.43 Å². The van der Waals surface area contributed by atoms with Crippen molar-refractivity contribution in [3.63, 3.8) is 0 Å². The normalized spacial score (nSPS) is 13.1. The van der Waals surface area contributed by atoms with Crippen LogP contribution >= 0.6 is 0 Å². The molecule has 0 bridgehead atoms. The van der Waals surface area contributed by atoms with Crippen molar-refractivity contribution in [2.45, 2.75) is 26.0 Å². The van der Waals surface area contributed by atoms with Gasteiger partial charge in [-0.3, -0.25) is 4.98 Å². The highest BCUT2D eigenvalue weighted by atomic mass is 19.3. The summed E-state index contributed by atoms with van der Waals surface area (Å²) in [6.07, 6.45) is -0.960.